The summed E-state index contributed by atoms with van der Waals surface area (Å²) < 4.78 is 37.5. The minimum absolute atomic E-state index is 0.260. The van der Waals surface area contributed by atoms with E-state index in [9.17, 15) is 18.0 Å². The van der Waals surface area contributed by atoms with Crippen LogP contribution in [0, 0.1) is 6.92 Å². The molecule has 3 aromatic rings. The summed E-state index contributed by atoms with van der Waals surface area (Å²) in [5.41, 5.74) is 3.06. The zero-order valence-corrected chi connectivity index (χ0v) is 19.8. The van der Waals surface area contributed by atoms with Crippen LogP contribution in [0.4, 0.5) is 18.9 Å². The van der Waals surface area contributed by atoms with E-state index in [1.807, 2.05) is 42.2 Å². The normalized spacial score (nSPS) is 17.0. The Labute approximate surface area is 206 Å². The van der Waals surface area contributed by atoms with Gasteiger partial charge in [0.1, 0.15) is 11.5 Å². The number of benzene rings is 2. The molecule has 1 amide bonds. The molecule has 0 bridgehead atoms. The summed E-state index contributed by atoms with van der Waals surface area (Å²) in [6, 6.07) is 22.7. The number of nitrogens with zero attached hydrogens (tertiary/aromatic N) is 2. The van der Waals surface area contributed by atoms with E-state index in [4.69, 9.17) is 14.3 Å². The van der Waals surface area contributed by atoms with E-state index >= 15 is 0 Å². The average Bonchev–Trinajstić information content (AvgIpc) is 3.36. The first-order valence-electron chi connectivity index (χ1n) is 11.6. The summed E-state index contributed by atoms with van der Waals surface area (Å²) in [7, 11) is 0. The number of carboxylic acid groups (broad SMARTS) is 1. The predicted molar refractivity (Wildman–Crippen MR) is 127 cm³/mol. The molecule has 1 aromatic heterocycles. The van der Waals surface area contributed by atoms with Crippen molar-refractivity contribution in [2.45, 2.75) is 44.4 Å². The van der Waals surface area contributed by atoms with Crippen LogP contribution < -0.4 is 4.90 Å². The third-order valence-electron chi connectivity index (χ3n) is 6.68. The fraction of sp³-hybridized carbons (Fsp3) is 0.333. The number of amides is 1. The Kier molecular flexibility index (Phi) is 7.21. The highest BCUT2D eigenvalue weighted by Crippen LogP contribution is 2.48. The molecular formula is C27H27F3N2O4. The highest BCUT2D eigenvalue weighted by atomic mass is 19.4. The molecule has 3 heterocycles. The van der Waals surface area contributed by atoms with Gasteiger partial charge < -0.3 is 14.4 Å². The van der Waals surface area contributed by atoms with Gasteiger partial charge in [-0.2, -0.15) is 13.2 Å². The van der Waals surface area contributed by atoms with Gasteiger partial charge in [0.05, 0.1) is 18.5 Å². The zero-order valence-electron chi connectivity index (χ0n) is 19.8. The molecule has 2 aliphatic rings. The molecule has 5 rings (SSSR count). The lowest BCUT2D eigenvalue weighted by Crippen LogP contribution is -2.48. The first-order chi connectivity index (χ1) is 17.1. The molecule has 2 aliphatic heterocycles. The molecule has 2 aromatic carbocycles. The van der Waals surface area contributed by atoms with E-state index < -0.39 is 12.1 Å². The molecule has 1 fully saturated rings. The van der Waals surface area contributed by atoms with Crippen molar-refractivity contribution >= 4 is 17.6 Å². The Bertz CT molecular complexity index is 1220. The number of hydrogen-bond acceptors (Lipinski definition) is 4. The Morgan fingerprint density at radius 3 is 2.17 bits per heavy atom. The SMILES string of the molecule is Cc1ccc(CN2CCC3(CC2)C(=O)N(Cc2ccccc2)c2ccccc23)o1.O=C(O)C(F)(F)F. The van der Waals surface area contributed by atoms with Crippen LogP contribution in [0.1, 0.15) is 35.5 Å². The lowest BCUT2D eigenvalue weighted by atomic mass is 9.73. The van der Waals surface area contributed by atoms with Crippen molar-refractivity contribution in [2.24, 2.45) is 0 Å². The molecular weight excluding hydrogens is 473 g/mol. The van der Waals surface area contributed by atoms with Crippen molar-refractivity contribution in [2.75, 3.05) is 18.0 Å². The van der Waals surface area contributed by atoms with Crippen molar-refractivity contribution in [3.8, 4) is 0 Å². The largest absolute Gasteiger partial charge is 0.490 e. The van der Waals surface area contributed by atoms with Crippen LogP contribution in [-0.2, 0) is 28.1 Å². The van der Waals surface area contributed by atoms with Gasteiger partial charge in [-0.25, -0.2) is 4.79 Å². The van der Waals surface area contributed by atoms with E-state index in [0.717, 1.165) is 49.7 Å². The molecule has 36 heavy (non-hydrogen) atoms. The number of carbonyl (C=O) groups is 2. The summed E-state index contributed by atoms with van der Waals surface area (Å²) in [4.78, 5) is 27.0. The molecule has 0 unspecified atom stereocenters. The minimum Gasteiger partial charge on any atom is -0.475 e. The molecule has 0 radical (unpaired) electrons. The molecule has 1 saturated heterocycles. The summed E-state index contributed by atoms with van der Waals surface area (Å²) in [5.74, 6) is -0.546. The topological polar surface area (TPSA) is 74.0 Å². The molecule has 1 spiro atoms. The fourth-order valence-electron chi connectivity index (χ4n) is 4.89. The lowest BCUT2D eigenvalue weighted by molar-refractivity contribution is -0.192. The Morgan fingerprint density at radius 2 is 1.58 bits per heavy atom. The first-order valence-corrected chi connectivity index (χ1v) is 11.6. The number of carbonyl (C=O) groups excluding carboxylic acids is 1. The summed E-state index contributed by atoms with van der Waals surface area (Å²) in [5, 5.41) is 7.12. The molecule has 9 heteroatoms. The standard InChI is InChI=1S/C25H26N2O2.C2HF3O2/c1-19-11-12-21(29-19)18-26-15-13-25(14-16-26)22-9-5-6-10-23(22)27(24(25)28)17-20-7-3-2-4-8-20;3-2(4,5)1(6)7/h2-12H,13-18H2,1H3;(H,6,7). The Morgan fingerprint density at radius 1 is 0.972 bits per heavy atom. The number of likely N-dealkylation sites (tertiary alicyclic amines) is 1. The van der Waals surface area contributed by atoms with E-state index in [1.165, 1.54) is 11.1 Å². The quantitative estimate of drug-likeness (QED) is 0.526. The van der Waals surface area contributed by atoms with Crippen molar-refractivity contribution in [3.05, 3.63) is 89.4 Å². The van der Waals surface area contributed by atoms with E-state index in [1.54, 1.807) is 0 Å². The maximum Gasteiger partial charge on any atom is 0.490 e. The minimum atomic E-state index is -5.08. The van der Waals surface area contributed by atoms with Crippen LogP contribution >= 0.6 is 0 Å². The number of hydrogen-bond donors (Lipinski definition) is 1. The summed E-state index contributed by atoms with van der Waals surface area (Å²) in [6.45, 7) is 5.23. The monoisotopic (exact) mass is 500 g/mol. The molecule has 6 nitrogen and oxygen atoms in total. The number of aryl methyl sites for hydroxylation is 1. The summed E-state index contributed by atoms with van der Waals surface area (Å²) >= 11 is 0. The number of aliphatic carboxylic acids is 1. The number of para-hydroxylation sites is 1. The second-order valence-electron chi connectivity index (χ2n) is 9.07. The molecule has 1 N–H and O–H groups in total. The third kappa shape index (κ3) is 5.31. The van der Waals surface area contributed by atoms with Gasteiger partial charge in [0, 0.05) is 5.69 Å². The van der Waals surface area contributed by atoms with Gasteiger partial charge in [0.25, 0.3) is 0 Å². The average molecular weight is 501 g/mol. The van der Waals surface area contributed by atoms with Gasteiger partial charge in [0.2, 0.25) is 5.91 Å². The van der Waals surface area contributed by atoms with Crippen molar-refractivity contribution in [3.63, 3.8) is 0 Å². The number of fused-ring (bicyclic) bond motifs is 2. The van der Waals surface area contributed by atoms with Gasteiger partial charge in [0.15, 0.2) is 0 Å². The number of carboxylic acids is 1. The van der Waals surface area contributed by atoms with E-state index in [-0.39, 0.29) is 11.3 Å². The van der Waals surface area contributed by atoms with Crippen molar-refractivity contribution in [1.29, 1.82) is 0 Å². The number of anilines is 1. The number of rotatable bonds is 4. The first kappa shape index (κ1) is 25.5. The van der Waals surface area contributed by atoms with Crippen LogP contribution in [0.5, 0.6) is 0 Å². The van der Waals surface area contributed by atoms with Gasteiger partial charge in [-0.05, 0) is 62.2 Å². The zero-order chi connectivity index (χ0) is 25.9. The van der Waals surface area contributed by atoms with Gasteiger partial charge in [-0.3, -0.25) is 9.69 Å². The number of halogens is 3. The van der Waals surface area contributed by atoms with E-state index in [0.29, 0.717) is 6.54 Å². The molecule has 0 saturated carbocycles. The third-order valence-corrected chi connectivity index (χ3v) is 6.68. The number of furan rings is 1. The highest BCUT2D eigenvalue weighted by Gasteiger charge is 2.51. The maximum absolute atomic E-state index is 13.7. The van der Waals surface area contributed by atoms with Crippen LogP contribution in [0.2, 0.25) is 0 Å². The molecule has 0 atom stereocenters. The fourth-order valence-corrected chi connectivity index (χ4v) is 4.89. The predicted octanol–water partition coefficient (Wildman–Crippen LogP) is 5.30. The lowest BCUT2D eigenvalue weighted by Gasteiger charge is -2.38. The van der Waals surface area contributed by atoms with Gasteiger partial charge >= 0.3 is 12.1 Å². The number of alkyl halides is 3. The van der Waals surface area contributed by atoms with Crippen molar-refractivity contribution in [1.82, 2.24) is 4.90 Å². The van der Waals surface area contributed by atoms with Gasteiger partial charge in [-0.1, -0.05) is 48.5 Å². The summed E-state index contributed by atoms with van der Waals surface area (Å²) in [6.07, 6.45) is -3.37. The van der Waals surface area contributed by atoms with Crippen LogP contribution in [-0.4, -0.2) is 41.1 Å². The van der Waals surface area contributed by atoms with Crippen molar-refractivity contribution < 1.29 is 32.3 Å². The van der Waals surface area contributed by atoms with Crippen LogP contribution in [0.25, 0.3) is 0 Å². The second kappa shape index (κ2) is 10.2. The van der Waals surface area contributed by atoms with Crippen LogP contribution in [0.3, 0.4) is 0 Å². The van der Waals surface area contributed by atoms with Crippen LogP contribution in [0.15, 0.2) is 71.1 Å². The van der Waals surface area contributed by atoms with E-state index in [2.05, 4.69) is 41.3 Å². The Balaban J connectivity index is 0.000000384. The smallest absolute Gasteiger partial charge is 0.475 e. The highest BCUT2D eigenvalue weighted by molar-refractivity contribution is 6.08. The molecule has 190 valence electrons. The second-order valence-corrected chi connectivity index (χ2v) is 9.07. The maximum atomic E-state index is 13.7. The Hall–Kier alpha value is -3.59. The number of piperidine rings is 1. The van der Waals surface area contributed by atoms with Gasteiger partial charge in [-0.15, -0.1) is 0 Å². The molecule has 0 aliphatic carbocycles.